The molecule has 1 amide bonds. The molecule has 1 fully saturated rings. The highest BCUT2D eigenvalue weighted by Gasteiger charge is 2.18. The van der Waals surface area contributed by atoms with Crippen LogP contribution in [0, 0.1) is 0 Å². The summed E-state index contributed by atoms with van der Waals surface area (Å²) in [5.74, 6) is -0.0388. The summed E-state index contributed by atoms with van der Waals surface area (Å²) in [6.07, 6.45) is 1.99. The summed E-state index contributed by atoms with van der Waals surface area (Å²) < 4.78 is 1.06. The van der Waals surface area contributed by atoms with Gasteiger partial charge in [0.2, 0.25) is 0 Å². The number of carbonyl (C=O) groups excluding carboxylic acids is 1. The average Bonchev–Trinajstić information content (AvgIpc) is 2.84. The molecule has 2 N–H and O–H groups in total. The van der Waals surface area contributed by atoms with Gasteiger partial charge in [0.25, 0.3) is 5.91 Å². The largest absolute Gasteiger partial charge is 0.347 e. The number of benzene rings is 1. The number of nitrogens with zero attached hydrogens (tertiary/aromatic N) is 1. The fourth-order valence-electron chi connectivity index (χ4n) is 2.18. The number of fused-ring (bicyclic) bond motifs is 1. The first kappa shape index (κ1) is 11.6. The van der Waals surface area contributed by atoms with Crippen LogP contribution in [0.25, 0.3) is 10.2 Å². The Morgan fingerprint density at radius 1 is 1.33 bits per heavy atom. The van der Waals surface area contributed by atoms with E-state index in [0.717, 1.165) is 36.1 Å². The van der Waals surface area contributed by atoms with Crippen molar-refractivity contribution in [3.05, 3.63) is 29.3 Å². The molecule has 1 aromatic carbocycles. The Bertz CT molecular complexity index is 527. The molecule has 1 saturated heterocycles. The van der Waals surface area contributed by atoms with Gasteiger partial charge in [-0.3, -0.25) is 4.79 Å². The molecule has 2 heterocycles. The first-order valence-corrected chi connectivity index (χ1v) is 7.02. The third-order valence-electron chi connectivity index (χ3n) is 3.16. The normalized spacial score (nSPS) is 16.9. The Morgan fingerprint density at radius 2 is 2.11 bits per heavy atom. The SMILES string of the molecule is O=C(NC1CCNCC1)c1nc2ccccc2s1. The number of carbonyl (C=O) groups is 1. The average molecular weight is 261 g/mol. The molecule has 0 bridgehead atoms. The van der Waals surface area contributed by atoms with Gasteiger partial charge < -0.3 is 10.6 Å². The maximum Gasteiger partial charge on any atom is 0.280 e. The number of hydrogen-bond donors (Lipinski definition) is 2. The summed E-state index contributed by atoms with van der Waals surface area (Å²) >= 11 is 1.46. The lowest BCUT2D eigenvalue weighted by Crippen LogP contribution is -2.42. The van der Waals surface area contributed by atoms with Crippen molar-refractivity contribution in [1.82, 2.24) is 15.6 Å². The molecule has 0 saturated carbocycles. The lowest BCUT2D eigenvalue weighted by molar-refractivity contribution is 0.0929. The van der Waals surface area contributed by atoms with E-state index in [1.165, 1.54) is 11.3 Å². The lowest BCUT2D eigenvalue weighted by atomic mass is 10.1. The van der Waals surface area contributed by atoms with Crippen molar-refractivity contribution in [2.24, 2.45) is 0 Å². The van der Waals surface area contributed by atoms with Gasteiger partial charge >= 0.3 is 0 Å². The lowest BCUT2D eigenvalue weighted by Gasteiger charge is -2.23. The highest BCUT2D eigenvalue weighted by Crippen LogP contribution is 2.21. The molecule has 0 unspecified atom stereocenters. The zero-order chi connectivity index (χ0) is 12.4. The van der Waals surface area contributed by atoms with E-state index >= 15 is 0 Å². The summed E-state index contributed by atoms with van der Waals surface area (Å²) in [4.78, 5) is 16.5. The topological polar surface area (TPSA) is 54.0 Å². The molecule has 1 aliphatic heterocycles. The van der Waals surface area contributed by atoms with Gasteiger partial charge in [0.1, 0.15) is 0 Å². The molecule has 0 radical (unpaired) electrons. The van der Waals surface area contributed by atoms with Crippen LogP contribution in [0.15, 0.2) is 24.3 Å². The fraction of sp³-hybridized carbons (Fsp3) is 0.385. The summed E-state index contributed by atoms with van der Waals surface area (Å²) in [6.45, 7) is 1.95. The summed E-state index contributed by atoms with van der Waals surface area (Å²) in [5, 5.41) is 6.91. The number of hydrogen-bond acceptors (Lipinski definition) is 4. The van der Waals surface area contributed by atoms with Crippen molar-refractivity contribution < 1.29 is 4.79 Å². The van der Waals surface area contributed by atoms with E-state index in [1.807, 2.05) is 24.3 Å². The Kier molecular flexibility index (Phi) is 3.25. The second-order valence-electron chi connectivity index (χ2n) is 4.48. The molecule has 0 aliphatic carbocycles. The van der Waals surface area contributed by atoms with Crippen LogP contribution in [0.5, 0.6) is 0 Å². The molecule has 4 nitrogen and oxygen atoms in total. The zero-order valence-corrected chi connectivity index (χ0v) is 10.8. The third-order valence-corrected chi connectivity index (χ3v) is 4.20. The van der Waals surface area contributed by atoms with Gasteiger partial charge in [-0.2, -0.15) is 0 Å². The number of amides is 1. The minimum absolute atomic E-state index is 0.0388. The maximum atomic E-state index is 12.1. The van der Waals surface area contributed by atoms with Crippen molar-refractivity contribution in [1.29, 1.82) is 0 Å². The second-order valence-corrected chi connectivity index (χ2v) is 5.52. The maximum absolute atomic E-state index is 12.1. The third kappa shape index (κ3) is 2.37. The van der Waals surface area contributed by atoms with Crippen molar-refractivity contribution in [3.63, 3.8) is 0 Å². The minimum atomic E-state index is -0.0388. The first-order valence-electron chi connectivity index (χ1n) is 6.20. The van der Waals surface area contributed by atoms with Crippen molar-refractivity contribution in [2.45, 2.75) is 18.9 Å². The predicted octanol–water partition coefficient (Wildman–Crippen LogP) is 1.78. The molecule has 18 heavy (non-hydrogen) atoms. The monoisotopic (exact) mass is 261 g/mol. The van der Waals surface area contributed by atoms with E-state index in [0.29, 0.717) is 5.01 Å². The van der Waals surface area contributed by atoms with Crippen molar-refractivity contribution >= 4 is 27.5 Å². The number of aromatic nitrogens is 1. The van der Waals surface area contributed by atoms with Crippen LogP contribution in [0.2, 0.25) is 0 Å². The van der Waals surface area contributed by atoms with E-state index in [9.17, 15) is 4.79 Å². The molecule has 1 aromatic heterocycles. The standard InChI is InChI=1S/C13H15N3OS/c17-12(15-9-5-7-14-8-6-9)13-16-10-3-1-2-4-11(10)18-13/h1-4,9,14H,5-8H2,(H,15,17). The Hall–Kier alpha value is -1.46. The summed E-state index contributed by atoms with van der Waals surface area (Å²) in [7, 11) is 0. The van der Waals surface area contributed by atoms with Gasteiger partial charge in [-0.25, -0.2) is 4.98 Å². The summed E-state index contributed by atoms with van der Waals surface area (Å²) in [6, 6.07) is 8.12. The second kappa shape index (κ2) is 5.04. The number of para-hydroxylation sites is 1. The number of nitrogens with one attached hydrogen (secondary N) is 2. The minimum Gasteiger partial charge on any atom is -0.347 e. The van der Waals surface area contributed by atoms with Crippen LogP contribution < -0.4 is 10.6 Å². The van der Waals surface area contributed by atoms with E-state index < -0.39 is 0 Å². The molecule has 0 atom stereocenters. The molecule has 2 aromatic rings. The van der Waals surface area contributed by atoms with Crippen LogP contribution in [0.3, 0.4) is 0 Å². The van der Waals surface area contributed by atoms with E-state index in [2.05, 4.69) is 15.6 Å². The van der Waals surface area contributed by atoms with Gasteiger partial charge in [-0.15, -0.1) is 11.3 Å². The van der Waals surface area contributed by atoms with Crippen LogP contribution in [0.1, 0.15) is 22.6 Å². The Balaban J connectivity index is 1.74. The molecular formula is C13H15N3OS. The first-order chi connectivity index (χ1) is 8.83. The van der Waals surface area contributed by atoms with Crippen LogP contribution in [0.4, 0.5) is 0 Å². The van der Waals surface area contributed by atoms with Gasteiger partial charge in [0.15, 0.2) is 5.01 Å². The number of thiazole rings is 1. The zero-order valence-electron chi connectivity index (χ0n) is 9.98. The smallest absolute Gasteiger partial charge is 0.280 e. The predicted molar refractivity (Wildman–Crippen MR) is 73.0 cm³/mol. The van der Waals surface area contributed by atoms with Crippen LogP contribution >= 0.6 is 11.3 Å². The van der Waals surface area contributed by atoms with Crippen molar-refractivity contribution in [2.75, 3.05) is 13.1 Å². The molecule has 3 rings (SSSR count). The van der Waals surface area contributed by atoms with Gasteiger partial charge in [0, 0.05) is 6.04 Å². The van der Waals surface area contributed by atoms with Gasteiger partial charge in [-0.1, -0.05) is 12.1 Å². The fourth-order valence-corrected chi connectivity index (χ4v) is 3.05. The quantitative estimate of drug-likeness (QED) is 0.866. The van der Waals surface area contributed by atoms with Gasteiger partial charge in [-0.05, 0) is 38.1 Å². The van der Waals surface area contributed by atoms with E-state index in [4.69, 9.17) is 0 Å². The van der Waals surface area contributed by atoms with Crippen LogP contribution in [-0.2, 0) is 0 Å². The van der Waals surface area contributed by atoms with E-state index in [1.54, 1.807) is 0 Å². The summed E-state index contributed by atoms with van der Waals surface area (Å²) in [5.41, 5.74) is 0.901. The molecule has 1 aliphatic rings. The molecule has 94 valence electrons. The molecule has 0 spiro atoms. The van der Waals surface area contributed by atoms with E-state index in [-0.39, 0.29) is 11.9 Å². The van der Waals surface area contributed by atoms with Crippen LogP contribution in [-0.4, -0.2) is 30.0 Å². The Morgan fingerprint density at radius 3 is 2.89 bits per heavy atom. The number of rotatable bonds is 2. The Labute approximate surface area is 109 Å². The van der Waals surface area contributed by atoms with Crippen molar-refractivity contribution in [3.8, 4) is 0 Å². The molecular weight excluding hydrogens is 246 g/mol. The van der Waals surface area contributed by atoms with Gasteiger partial charge in [0.05, 0.1) is 10.2 Å². The highest BCUT2D eigenvalue weighted by atomic mass is 32.1. The highest BCUT2D eigenvalue weighted by molar-refractivity contribution is 7.20. The molecule has 5 heteroatoms. The number of piperidine rings is 1.